The highest BCUT2D eigenvalue weighted by Crippen LogP contribution is 2.43. The summed E-state index contributed by atoms with van der Waals surface area (Å²) in [4.78, 5) is 0. The highest BCUT2D eigenvalue weighted by atomic mass is 19.1. The summed E-state index contributed by atoms with van der Waals surface area (Å²) in [5, 5.41) is 13.7. The number of aryl methyl sites for hydroxylation is 1. The van der Waals surface area contributed by atoms with Crippen LogP contribution in [0.4, 0.5) is 4.39 Å². The number of halogens is 1. The van der Waals surface area contributed by atoms with Crippen LogP contribution >= 0.6 is 0 Å². The molecule has 0 N–H and O–H groups in total. The zero-order valence-corrected chi connectivity index (χ0v) is 23.4. The number of rotatable bonds is 2. The van der Waals surface area contributed by atoms with Crippen molar-refractivity contribution in [3.63, 3.8) is 0 Å². The van der Waals surface area contributed by atoms with E-state index in [2.05, 4.69) is 6.07 Å². The van der Waals surface area contributed by atoms with Crippen LogP contribution in [0.3, 0.4) is 0 Å². The van der Waals surface area contributed by atoms with E-state index < -0.39 is 11.2 Å². The molecule has 41 heavy (non-hydrogen) atoms. The second-order valence-corrected chi connectivity index (χ2v) is 11.6. The lowest BCUT2D eigenvalue weighted by Crippen LogP contribution is -2.34. The summed E-state index contributed by atoms with van der Waals surface area (Å²) in [6.07, 6.45) is 0.00936. The number of para-hydroxylation sites is 1. The van der Waals surface area contributed by atoms with E-state index in [4.69, 9.17) is 11.6 Å². The molecule has 4 aromatic carbocycles. The van der Waals surface area contributed by atoms with Crippen LogP contribution in [0.5, 0.6) is 0 Å². The molecule has 0 spiro atoms. The second kappa shape index (κ2) is 8.78. The van der Waals surface area contributed by atoms with Crippen molar-refractivity contribution in [2.75, 3.05) is 0 Å². The summed E-state index contributed by atoms with van der Waals surface area (Å²) in [6.45, 7) is 7.40. The first-order valence-corrected chi connectivity index (χ1v) is 13.5. The summed E-state index contributed by atoms with van der Waals surface area (Å²) < 4.78 is 47.9. The minimum absolute atomic E-state index is 0.00936. The first-order valence-electron chi connectivity index (χ1n) is 14.5. The van der Waals surface area contributed by atoms with E-state index in [0.29, 0.717) is 33.4 Å². The molecule has 0 atom stereocenters. The Kier molecular flexibility index (Phi) is 4.89. The van der Waals surface area contributed by atoms with Crippen LogP contribution in [0.15, 0.2) is 87.8 Å². The quantitative estimate of drug-likeness (QED) is 0.205. The molecule has 0 saturated carbocycles. The van der Waals surface area contributed by atoms with Gasteiger partial charge in [0.15, 0.2) is 6.17 Å². The van der Waals surface area contributed by atoms with Crippen molar-refractivity contribution in [2.45, 2.75) is 33.1 Å². The molecule has 0 aliphatic rings. The Morgan fingerprint density at radius 2 is 1.54 bits per heavy atom. The predicted molar refractivity (Wildman–Crippen MR) is 161 cm³/mol. The van der Waals surface area contributed by atoms with Gasteiger partial charge in [-0.3, -0.25) is 0 Å². The van der Waals surface area contributed by atoms with Crippen molar-refractivity contribution >= 4 is 43.9 Å². The first-order chi connectivity index (χ1) is 20.5. The number of hydrogen-bond donors (Lipinski definition) is 0. The van der Waals surface area contributed by atoms with E-state index in [1.54, 1.807) is 17.7 Å². The Morgan fingerprint density at radius 1 is 0.854 bits per heavy atom. The van der Waals surface area contributed by atoms with Crippen LogP contribution in [0.25, 0.3) is 66.3 Å². The van der Waals surface area contributed by atoms with Crippen LogP contribution in [0.1, 0.15) is 40.2 Å². The molecule has 0 amide bonds. The number of nitrogens with zero attached hydrogens (tertiary/aromatic N) is 2. The molecule has 0 bridgehead atoms. The monoisotopic (exact) mass is 541 g/mol. The Morgan fingerprint density at radius 3 is 2.29 bits per heavy atom. The third-order valence-corrected chi connectivity index (χ3v) is 7.86. The molecule has 0 aliphatic heterocycles. The van der Waals surface area contributed by atoms with Gasteiger partial charge in [-0.1, -0.05) is 57.2 Å². The van der Waals surface area contributed by atoms with E-state index in [9.17, 15) is 5.26 Å². The van der Waals surface area contributed by atoms with Crippen LogP contribution in [0.2, 0.25) is 0 Å². The lowest BCUT2D eigenvalue weighted by atomic mass is 9.87. The number of pyridine rings is 1. The standard InChI is InChI=1S/C36H28FN2O2/c1-20-10-13-25-26-15-12-22(18-38)33(21-11-14-24-23-8-6-7-9-30(23)40-31(24)16-21)35(26)41-34(25)32(20)29-17-28(37)27(19-39(29)5)36(2,3)4/h6-17,19H,1-5H3/q+1/i17D,19D. The van der Waals surface area contributed by atoms with Crippen LogP contribution < -0.4 is 4.57 Å². The van der Waals surface area contributed by atoms with Gasteiger partial charge in [0.2, 0.25) is 5.69 Å². The highest BCUT2D eigenvalue weighted by Gasteiger charge is 2.28. The third-order valence-electron chi connectivity index (χ3n) is 7.86. The smallest absolute Gasteiger partial charge is 0.219 e. The van der Waals surface area contributed by atoms with Gasteiger partial charge in [-0.25, -0.2) is 8.96 Å². The fourth-order valence-corrected chi connectivity index (χ4v) is 5.81. The maximum absolute atomic E-state index is 15.8. The molecule has 0 fully saturated rings. The molecule has 200 valence electrons. The molecule has 0 unspecified atom stereocenters. The number of furan rings is 2. The van der Waals surface area contributed by atoms with Gasteiger partial charge in [0.05, 0.1) is 24.1 Å². The van der Waals surface area contributed by atoms with E-state index in [0.717, 1.165) is 38.3 Å². The van der Waals surface area contributed by atoms with E-state index in [1.165, 1.54) is 0 Å². The zero-order chi connectivity index (χ0) is 30.4. The molecule has 3 heterocycles. The Balaban J connectivity index is 1.55. The van der Waals surface area contributed by atoms with Gasteiger partial charge in [-0.2, -0.15) is 5.26 Å². The molecule has 0 radical (unpaired) electrons. The highest BCUT2D eigenvalue weighted by molar-refractivity contribution is 6.14. The fourth-order valence-electron chi connectivity index (χ4n) is 5.81. The Bertz CT molecular complexity index is 2320. The largest absolute Gasteiger partial charge is 0.456 e. The molecule has 4 nitrogen and oxygen atoms in total. The predicted octanol–water partition coefficient (Wildman–Crippen LogP) is 9.26. The van der Waals surface area contributed by atoms with Crippen molar-refractivity contribution < 1.29 is 20.5 Å². The first kappa shape index (κ1) is 22.8. The van der Waals surface area contributed by atoms with Crippen molar-refractivity contribution in [1.82, 2.24) is 0 Å². The van der Waals surface area contributed by atoms with Crippen LogP contribution in [0, 0.1) is 24.1 Å². The number of hydrogen-bond acceptors (Lipinski definition) is 3. The minimum Gasteiger partial charge on any atom is -0.456 e. The van der Waals surface area contributed by atoms with Gasteiger partial charge in [-0.15, -0.1) is 0 Å². The molecule has 7 aromatic rings. The third kappa shape index (κ3) is 3.75. The molecule has 0 aliphatic carbocycles. The normalized spacial score (nSPS) is 12.8. The number of aromatic nitrogens is 1. The number of nitriles is 1. The maximum atomic E-state index is 15.8. The summed E-state index contributed by atoms with van der Waals surface area (Å²) >= 11 is 0. The lowest BCUT2D eigenvalue weighted by molar-refractivity contribution is -0.661. The maximum Gasteiger partial charge on any atom is 0.219 e. The number of fused-ring (bicyclic) bond motifs is 6. The average Bonchev–Trinajstić information content (AvgIpc) is 3.53. The SMILES string of the molecule is [2H]c1c(F)c(C(C)(C)C)c([2H])[n+](C)c1-c1c(C)ccc2c1oc1c(-c3ccc4c(c3)oc3ccccc34)c(C#N)ccc12. The summed E-state index contributed by atoms with van der Waals surface area (Å²) in [7, 11) is 1.69. The fraction of sp³-hybridized carbons (Fsp3) is 0.167. The topological polar surface area (TPSA) is 54.0 Å². The van der Waals surface area contributed by atoms with Crippen molar-refractivity contribution in [3.8, 4) is 28.5 Å². The number of benzene rings is 4. The minimum atomic E-state index is -0.704. The van der Waals surface area contributed by atoms with E-state index in [-0.39, 0.29) is 23.5 Å². The molecule has 7 rings (SSSR count). The Labute approximate surface area is 239 Å². The molecule has 5 heteroatoms. The van der Waals surface area contributed by atoms with Crippen LogP contribution in [-0.2, 0) is 12.5 Å². The summed E-state index contributed by atoms with van der Waals surface area (Å²) in [5.41, 5.74) is 5.47. The van der Waals surface area contributed by atoms with Crippen molar-refractivity contribution in [3.05, 3.63) is 101 Å². The van der Waals surface area contributed by atoms with Gasteiger partial charge in [0.1, 0.15) is 36.6 Å². The zero-order valence-electron chi connectivity index (χ0n) is 25.4. The van der Waals surface area contributed by atoms with Crippen molar-refractivity contribution in [2.24, 2.45) is 7.05 Å². The van der Waals surface area contributed by atoms with Gasteiger partial charge in [0.25, 0.3) is 0 Å². The van der Waals surface area contributed by atoms with E-state index in [1.807, 2.05) is 88.4 Å². The average molecular weight is 542 g/mol. The molecule has 0 saturated heterocycles. The summed E-state index contributed by atoms with van der Waals surface area (Å²) in [6, 6.07) is 23.3. The lowest BCUT2D eigenvalue weighted by Gasteiger charge is -2.18. The van der Waals surface area contributed by atoms with Gasteiger partial charge < -0.3 is 8.83 Å². The molecular formula is C36H28FN2O2+. The van der Waals surface area contributed by atoms with Crippen LogP contribution in [-0.4, -0.2) is 0 Å². The van der Waals surface area contributed by atoms with E-state index >= 15 is 4.39 Å². The van der Waals surface area contributed by atoms with Crippen molar-refractivity contribution in [1.29, 1.82) is 5.26 Å². The summed E-state index contributed by atoms with van der Waals surface area (Å²) in [5.74, 6) is -0.704. The molecular weight excluding hydrogens is 511 g/mol. The molecule has 3 aromatic heterocycles. The van der Waals surface area contributed by atoms with Gasteiger partial charge in [0, 0.05) is 33.2 Å². The van der Waals surface area contributed by atoms with Gasteiger partial charge >= 0.3 is 0 Å². The second-order valence-electron chi connectivity index (χ2n) is 11.6. The Hall–Kier alpha value is -4.95. The van der Waals surface area contributed by atoms with Gasteiger partial charge in [-0.05, 0) is 53.8 Å².